The van der Waals surface area contributed by atoms with Crippen molar-refractivity contribution in [3.05, 3.63) is 35.9 Å². The highest BCUT2D eigenvalue weighted by Crippen LogP contribution is 2.33. The lowest BCUT2D eigenvalue weighted by atomic mass is 9.89. The van der Waals surface area contributed by atoms with Crippen molar-refractivity contribution in [1.82, 2.24) is 10.6 Å². The minimum absolute atomic E-state index is 0.179. The van der Waals surface area contributed by atoms with Crippen LogP contribution in [0.25, 0.3) is 0 Å². The van der Waals surface area contributed by atoms with E-state index in [-0.39, 0.29) is 6.10 Å². The molecule has 0 spiro atoms. The number of hydrogen-bond donors (Lipinski definition) is 2. The number of aliphatic imine (C=N–C) groups is 1. The van der Waals surface area contributed by atoms with Crippen LogP contribution < -0.4 is 10.6 Å². The fourth-order valence-corrected chi connectivity index (χ4v) is 3.83. The van der Waals surface area contributed by atoms with Gasteiger partial charge in [-0.25, -0.2) is 0 Å². The number of ether oxygens (including phenoxy) is 1. The van der Waals surface area contributed by atoms with Crippen molar-refractivity contribution in [2.24, 2.45) is 10.9 Å². The molecule has 3 rings (SSSR count). The van der Waals surface area contributed by atoms with Gasteiger partial charge >= 0.3 is 0 Å². The highest BCUT2D eigenvalue weighted by molar-refractivity contribution is 5.80. The van der Waals surface area contributed by atoms with Crippen molar-refractivity contribution < 1.29 is 4.74 Å². The zero-order valence-electron chi connectivity index (χ0n) is 14.8. The van der Waals surface area contributed by atoms with E-state index in [0.29, 0.717) is 12.0 Å². The van der Waals surface area contributed by atoms with Crippen molar-refractivity contribution in [2.45, 2.75) is 57.6 Å². The van der Waals surface area contributed by atoms with Gasteiger partial charge in [0.15, 0.2) is 5.96 Å². The summed E-state index contributed by atoms with van der Waals surface area (Å²) in [6, 6.07) is 11.2. The summed E-state index contributed by atoms with van der Waals surface area (Å²) in [4.78, 5) is 4.89. The van der Waals surface area contributed by atoms with Gasteiger partial charge in [-0.15, -0.1) is 0 Å². The van der Waals surface area contributed by atoms with Crippen LogP contribution >= 0.6 is 0 Å². The van der Waals surface area contributed by atoms with Crippen LogP contribution in [-0.4, -0.2) is 31.7 Å². The van der Waals surface area contributed by atoms with Crippen LogP contribution in [-0.2, 0) is 4.74 Å². The molecule has 1 aromatic rings. The normalized spacial score (nSPS) is 25.6. The van der Waals surface area contributed by atoms with E-state index < -0.39 is 0 Å². The molecule has 0 bridgehead atoms. The zero-order chi connectivity index (χ0) is 16.6. The molecule has 1 aromatic carbocycles. The molecule has 2 aliphatic rings. The maximum atomic E-state index is 6.09. The Morgan fingerprint density at radius 2 is 1.92 bits per heavy atom. The van der Waals surface area contributed by atoms with E-state index in [4.69, 9.17) is 9.73 Å². The summed E-state index contributed by atoms with van der Waals surface area (Å²) in [6.07, 6.45) is 7.71. The van der Waals surface area contributed by atoms with Crippen molar-refractivity contribution in [3.63, 3.8) is 0 Å². The molecule has 2 N–H and O–H groups in total. The first-order valence-electron chi connectivity index (χ1n) is 9.58. The second-order valence-electron chi connectivity index (χ2n) is 6.95. The van der Waals surface area contributed by atoms with E-state index in [2.05, 4.69) is 47.9 Å². The topological polar surface area (TPSA) is 45.7 Å². The lowest BCUT2D eigenvalue weighted by Gasteiger charge is -2.31. The Morgan fingerprint density at radius 3 is 2.67 bits per heavy atom. The Bertz CT molecular complexity index is 511. The van der Waals surface area contributed by atoms with Crippen molar-refractivity contribution in [1.29, 1.82) is 0 Å². The fraction of sp³-hybridized carbons (Fsp3) is 0.650. The summed E-state index contributed by atoms with van der Waals surface area (Å²) < 4.78 is 6.09. The van der Waals surface area contributed by atoms with Gasteiger partial charge in [0.05, 0.1) is 6.10 Å². The van der Waals surface area contributed by atoms with Crippen LogP contribution in [0.2, 0.25) is 0 Å². The third kappa shape index (κ3) is 4.73. The van der Waals surface area contributed by atoms with E-state index in [1.54, 1.807) is 0 Å². The third-order valence-corrected chi connectivity index (χ3v) is 5.10. The van der Waals surface area contributed by atoms with Crippen LogP contribution in [0, 0.1) is 5.92 Å². The summed E-state index contributed by atoms with van der Waals surface area (Å²) >= 11 is 0. The predicted molar refractivity (Wildman–Crippen MR) is 99.2 cm³/mol. The lowest BCUT2D eigenvalue weighted by molar-refractivity contribution is -0.0250. The first kappa shape index (κ1) is 17.3. The van der Waals surface area contributed by atoms with Crippen molar-refractivity contribution in [2.75, 3.05) is 19.7 Å². The molecule has 132 valence electrons. The SMILES string of the molecule is CCNC(=NCC1CCCOC1c1ccccc1)NC1CCCC1. The molecule has 2 atom stereocenters. The second kappa shape index (κ2) is 9.07. The van der Waals surface area contributed by atoms with Gasteiger partial charge in [-0.1, -0.05) is 43.2 Å². The highest BCUT2D eigenvalue weighted by atomic mass is 16.5. The summed E-state index contributed by atoms with van der Waals surface area (Å²) in [7, 11) is 0. The van der Waals surface area contributed by atoms with Crippen molar-refractivity contribution >= 4 is 5.96 Å². The molecule has 4 nitrogen and oxygen atoms in total. The molecule has 2 unspecified atom stereocenters. The van der Waals surface area contributed by atoms with Gasteiger partial charge in [0, 0.05) is 31.7 Å². The Hall–Kier alpha value is -1.55. The number of benzene rings is 1. The number of guanidine groups is 1. The van der Waals surface area contributed by atoms with Gasteiger partial charge in [0.2, 0.25) is 0 Å². The highest BCUT2D eigenvalue weighted by Gasteiger charge is 2.27. The predicted octanol–water partition coefficient (Wildman–Crippen LogP) is 3.65. The monoisotopic (exact) mass is 329 g/mol. The second-order valence-corrected chi connectivity index (χ2v) is 6.95. The zero-order valence-corrected chi connectivity index (χ0v) is 14.8. The van der Waals surface area contributed by atoms with Crippen LogP contribution in [0.3, 0.4) is 0 Å². The first-order valence-corrected chi connectivity index (χ1v) is 9.58. The van der Waals surface area contributed by atoms with E-state index in [0.717, 1.165) is 32.1 Å². The molecular formula is C20H31N3O. The molecule has 1 aliphatic carbocycles. The first-order chi connectivity index (χ1) is 11.9. The summed E-state index contributed by atoms with van der Waals surface area (Å²) in [5.41, 5.74) is 1.28. The quantitative estimate of drug-likeness (QED) is 0.640. The maximum absolute atomic E-state index is 6.09. The average molecular weight is 329 g/mol. The van der Waals surface area contributed by atoms with E-state index >= 15 is 0 Å². The molecule has 4 heteroatoms. The van der Waals surface area contributed by atoms with Crippen LogP contribution in [0.4, 0.5) is 0 Å². The Morgan fingerprint density at radius 1 is 1.12 bits per heavy atom. The number of hydrogen-bond acceptors (Lipinski definition) is 2. The van der Waals surface area contributed by atoms with Gasteiger partial charge in [0.25, 0.3) is 0 Å². The van der Waals surface area contributed by atoms with Crippen LogP contribution in [0.5, 0.6) is 0 Å². The molecule has 1 saturated carbocycles. The van der Waals surface area contributed by atoms with Gasteiger partial charge in [-0.2, -0.15) is 0 Å². The molecule has 1 aliphatic heterocycles. The number of nitrogens with zero attached hydrogens (tertiary/aromatic N) is 1. The standard InChI is InChI=1S/C20H31N3O/c1-2-21-20(23-18-12-6-7-13-18)22-15-17-11-8-14-24-19(17)16-9-4-3-5-10-16/h3-5,9-10,17-19H,2,6-8,11-15H2,1H3,(H2,21,22,23). The Balaban J connectivity index is 1.64. The van der Waals surface area contributed by atoms with Gasteiger partial charge in [0.1, 0.15) is 0 Å². The molecule has 1 saturated heterocycles. The summed E-state index contributed by atoms with van der Waals surface area (Å²) in [5.74, 6) is 1.43. The summed E-state index contributed by atoms with van der Waals surface area (Å²) in [5, 5.41) is 7.01. The smallest absolute Gasteiger partial charge is 0.191 e. The van der Waals surface area contributed by atoms with Crippen LogP contribution in [0.15, 0.2) is 35.3 Å². The van der Waals surface area contributed by atoms with Crippen LogP contribution in [0.1, 0.15) is 57.1 Å². The van der Waals surface area contributed by atoms with Gasteiger partial charge in [-0.05, 0) is 38.2 Å². The fourth-order valence-electron chi connectivity index (χ4n) is 3.83. The Labute approximate surface area is 146 Å². The maximum Gasteiger partial charge on any atom is 0.191 e. The largest absolute Gasteiger partial charge is 0.373 e. The molecule has 0 aromatic heterocycles. The van der Waals surface area contributed by atoms with E-state index in [1.165, 1.54) is 37.7 Å². The number of nitrogens with one attached hydrogen (secondary N) is 2. The van der Waals surface area contributed by atoms with E-state index in [1.807, 2.05) is 0 Å². The minimum Gasteiger partial charge on any atom is -0.373 e. The van der Waals surface area contributed by atoms with Gasteiger partial charge in [-0.3, -0.25) is 4.99 Å². The Kier molecular flexibility index (Phi) is 6.53. The van der Waals surface area contributed by atoms with E-state index in [9.17, 15) is 0 Å². The van der Waals surface area contributed by atoms with Gasteiger partial charge < -0.3 is 15.4 Å². The average Bonchev–Trinajstić information content (AvgIpc) is 3.14. The molecule has 0 amide bonds. The molecule has 0 radical (unpaired) electrons. The lowest BCUT2D eigenvalue weighted by Crippen LogP contribution is -2.42. The molecular weight excluding hydrogens is 298 g/mol. The molecule has 24 heavy (non-hydrogen) atoms. The third-order valence-electron chi connectivity index (χ3n) is 5.10. The summed E-state index contributed by atoms with van der Waals surface area (Å²) in [6.45, 7) is 4.71. The van der Waals surface area contributed by atoms with Crippen molar-refractivity contribution in [3.8, 4) is 0 Å². The molecule has 1 heterocycles. The number of rotatable bonds is 5. The molecule has 2 fully saturated rings. The minimum atomic E-state index is 0.179.